The molecule has 5 heteroatoms. The molecule has 0 aromatic carbocycles. The van der Waals surface area contributed by atoms with Gasteiger partial charge in [-0.2, -0.15) is 0 Å². The standard InChI is InChI=1S/C6H11NOS3/c1-4(11-6(9)10)5(8)7(2)3/h4H,1-3H3,(H,9,10). The Morgan fingerprint density at radius 3 is 2.36 bits per heavy atom. The molecule has 64 valence electrons. The van der Waals surface area contributed by atoms with Crippen LogP contribution in [-0.4, -0.2) is 33.7 Å². The summed E-state index contributed by atoms with van der Waals surface area (Å²) in [7, 11) is 3.45. The molecule has 1 amide bonds. The first-order valence-electron chi connectivity index (χ1n) is 3.06. The molecule has 0 rings (SSSR count). The molecule has 11 heavy (non-hydrogen) atoms. The molecule has 0 heterocycles. The fraction of sp³-hybridized carbons (Fsp3) is 0.667. The van der Waals surface area contributed by atoms with Crippen molar-refractivity contribution in [2.75, 3.05) is 14.1 Å². The zero-order valence-corrected chi connectivity index (χ0v) is 9.22. The van der Waals surface area contributed by atoms with Crippen LogP contribution in [0.2, 0.25) is 0 Å². The van der Waals surface area contributed by atoms with Crippen molar-refractivity contribution in [1.82, 2.24) is 4.90 Å². The minimum atomic E-state index is -0.130. The van der Waals surface area contributed by atoms with Crippen molar-refractivity contribution in [3.05, 3.63) is 0 Å². The summed E-state index contributed by atoms with van der Waals surface area (Å²) in [5.74, 6) is 0.0615. The van der Waals surface area contributed by atoms with E-state index in [0.29, 0.717) is 3.53 Å². The number of thiocarbonyl (C=S) groups is 1. The van der Waals surface area contributed by atoms with E-state index in [4.69, 9.17) is 12.2 Å². The van der Waals surface area contributed by atoms with Gasteiger partial charge >= 0.3 is 0 Å². The zero-order valence-electron chi connectivity index (χ0n) is 6.70. The average molecular weight is 209 g/mol. The van der Waals surface area contributed by atoms with Crippen molar-refractivity contribution in [2.24, 2.45) is 0 Å². The lowest BCUT2D eigenvalue weighted by molar-refractivity contribution is -0.127. The molecule has 0 aliphatic carbocycles. The summed E-state index contributed by atoms with van der Waals surface area (Å²) in [5.41, 5.74) is 0. The van der Waals surface area contributed by atoms with E-state index in [1.807, 2.05) is 6.92 Å². The Morgan fingerprint density at radius 1 is 1.64 bits per heavy atom. The van der Waals surface area contributed by atoms with Crippen LogP contribution < -0.4 is 0 Å². The van der Waals surface area contributed by atoms with Crippen LogP contribution in [0.25, 0.3) is 0 Å². The normalized spacial score (nSPS) is 12.4. The first-order chi connectivity index (χ1) is 4.95. The maximum absolute atomic E-state index is 11.2. The first kappa shape index (κ1) is 11.3. The Kier molecular flexibility index (Phi) is 5.12. The summed E-state index contributed by atoms with van der Waals surface area (Å²) in [4.78, 5) is 12.7. The number of hydrogen-bond donors (Lipinski definition) is 1. The van der Waals surface area contributed by atoms with Crippen LogP contribution >= 0.6 is 36.6 Å². The molecule has 0 bridgehead atoms. The van der Waals surface area contributed by atoms with Gasteiger partial charge in [-0.15, -0.1) is 12.6 Å². The Labute approximate surface area is 82.1 Å². The fourth-order valence-electron chi connectivity index (χ4n) is 0.565. The number of amides is 1. The van der Waals surface area contributed by atoms with E-state index >= 15 is 0 Å². The van der Waals surface area contributed by atoms with Gasteiger partial charge in [0.05, 0.1) is 5.25 Å². The second kappa shape index (κ2) is 5.00. The molecule has 0 aliphatic rings. The van der Waals surface area contributed by atoms with E-state index in [1.165, 1.54) is 11.8 Å². The van der Waals surface area contributed by atoms with Crippen LogP contribution in [0.1, 0.15) is 6.92 Å². The molecule has 0 aliphatic heterocycles. The number of hydrogen-bond acceptors (Lipinski definition) is 3. The van der Waals surface area contributed by atoms with Gasteiger partial charge in [0, 0.05) is 14.1 Å². The second-order valence-corrected chi connectivity index (χ2v) is 5.33. The highest BCUT2D eigenvalue weighted by Crippen LogP contribution is 2.16. The topological polar surface area (TPSA) is 20.3 Å². The molecule has 0 saturated carbocycles. The SMILES string of the molecule is CC(SC(=S)S)C(=O)N(C)C. The smallest absolute Gasteiger partial charge is 0.235 e. The molecule has 2 nitrogen and oxygen atoms in total. The van der Waals surface area contributed by atoms with Gasteiger partial charge in [0.1, 0.15) is 3.53 Å². The predicted molar refractivity (Wildman–Crippen MR) is 57.3 cm³/mol. The quantitative estimate of drug-likeness (QED) is 0.548. The van der Waals surface area contributed by atoms with Crippen LogP contribution in [0.3, 0.4) is 0 Å². The van der Waals surface area contributed by atoms with Crippen molar-refractivity contribution in [3.63, 3.8) is 0 Å². The Balaban J connectivity index is 3.93. The lowest BCUT2D eigenvalue weighted by Gasteiger charge is -2.14. The van der Waals surface area contributed by atoms with E-state index in [9.17, 15) is 4.79 Å². The van der Waals surface area contributed by atoms with Gasteiger partial charge in [-0.1, -0.05) is 24.0 Å². The van der Waals surface area contributed by atoms with Crippen LogP contribution in [0.5, 0.6) is 0 Å². The minimum absolute atomic E-state index is 0.0615. The summed E-state index contributed by atoms with van der Waals surface area (Å²) in [6.45, 7) is 1.82. The van der Waals surface area contributed by atoms with Crippen molar-refractivity contribution >= 4 is 46.0 Å². The van der Waals surface area contributed by atoms with Crippen molar-refractivity contribution < 1.29 is 4.79 Å². The fourth-order valence-corrected chi connectivity index (χ4v) is 2.09. The molecule has 0 spiro atoms. The molecule has 0 fully saturated rings. The third-order valence-corrected chi connectivity index (χ3v) is 2.43. The summed E-state index contributed by atoms with van der Waals surface area (Å²) in [6, 6.07) is 0. The highest BCUT2D eigenvalue weighted by molar-refractivity contribution is 8.42. The summed E-state index contributed by atoms with van der Waals surface area (Å²) < 4.78 is 0.507. The van der Waals surface area contributed by atoms with Crippen LogP contribution in [0.4, 0.5) is 0 Å². The van der Waals surface area contributed by atoms with Crippen LogP contribution in [0, 0.1) is 0 Å². The maximum atomic E-state index is 11.2. The lowest BCUT2D eigenvalue weighted by atomic mass is 10.4. The lowest BCUT2D eigenvalue weighted by Crippen LogP contribution is -2.29. The first-order valence-corrected chi connectivity index (χ1v) is 4.79. The number of thioether (sulfide) groups is 1. The van der Waals surface area contributed by atoms with Gasteiger partial charge in [-0.05, 0) is 6.92 Å². The van der Waals surface area contributed by atoms with Crippen molar-refractivity contribution in [1.29, 1.82) is 0 Å². The number of thiol groups is 1. The van der Waals surface area contributed by atoms with Crippen LogP contribution in [-0.2, 0) is 4.79 Å². The Morgan fingerprint density at radius 2 is 2.09 bits per heavy atom. The third kappa shape index (κ3) is 4.66. The van der Waals surface area contributed by atoms with E-state index in [-0.39, 0.29) is 11.2 Å². The monoisotopic (exact) mass is 209 g/mol. The van der Waals surface area contributed by atoms with E-state index < -0.39 is 0 Å². The highest BCUT2D eigenvalue weighted by atomic mass is 32.2. The highest BCUT2D eigenvalue weighted by Gasteiger charge is 2.15. The van der Waals surface area contributed by atoms with Gasteiger partial charge in [-0.25, -0.2) is 0 Å². The number of carbonyl (C=O) groups is 1. The van der Waals surface area contributed by atoms with Crippen molar-refractivity contribution in [3.8, 4) is 0 Å². The van der Waals surface area contributed by atoms with E-state index in [2.05, 4.69) is 12.6 Å². The number of nitrogens with zero attached hydrogens (tertiary/aromatic N) is 1. The molecular weight excluding hydrogens is 198 g/mol. The Bertz CT molecular complexity index is 169. The summed E-state index contributed by atoms with van der Waals surface area (Å²) in [6.07, 6.45) is 0. The molecular formula is C6H11NOS3. The summed E-state index contributed by atoms with van der Waals surface area (Å²) in [5, 5.41) is -0.130. The molecule has 1 atom stereocenters. The van der Waals surface area contributed by atoms with E-state index in [0.717, 1.165) is 0 Å². The van der Waals surface area contributed by atoms with Gasteiger partial charge in [0.15, 0.2) is 0 Å². The molecule has 1 unspecified atom stereocenters. The average Bonchev–Trinajstić information content (AvgIpc) is 1.84. The summed E-state index contributed by atoms with van der Waals surface area (Å²) >= 11 is 9.95. The van der Waals surface area contributed by atoms with Gasteiger partial charge in [-0.3, -0.25) is 4.79 Å². The largest absolute Gasteiger partial charge is 0.348 e. The van der Waals surface area contributed by atoms with Crippen LogP contribution in [0.15, 0.2) is 0 Å². The van der Waals surface area contributed by atoms with Gasteiger partial charge in [0.25, 0.3) is 0 Å². The molecule has 0 aromatic heterocycles. The molecule has 0 radical (unpaired) electrons. The number of rotatable bonds is 2. The van der Waals surface area contributed by atoms with Crippen molar-refractivity contribution in [2.45, 2.75) is 12.2 Å². The van der Waals surface area contributed by atoms with Gasteiger partial charge < -0.3 is 4.90 Å². The van der Waals surface area contributed by atoms with E-state index in [1.54, 1.807) is 19.0 Å². The minimum Gasteiger partial charge on any atom is -0.348 e. The molecule has 0 saturated heterocycles. The third-order valence-electron chi connectivity index (χ3n) is 1.07. The predicted octanol–water partition coefficient (Wildman–Crippen LogP) is 1.41. The second-order valence-electron chi connectivity index (χ2n) is 2.26. The maximum Gasteiger partial charge on any atom is 0.235 e. The molecule has 0 aromatic rings. The number of carbonyl (C=O) groups excluding carboxylic acids is 1. The molecule has 0 N–H and O–H groups in total. The zero-order chi connectivity index (χ0) is 9.02. The Hall–Kier alpha value is 0.260. The van der Waals surface area contributed by atoms with Gasteiger partial charge in [0.2, 0.25) is 5.91 Å².